The van der Waals surface area contributed by atoms with Gasteiger partial charge in [-0.3, -0.25) is 9.59 Å². The minimum atomic E-state index is -0.538. The van der Waals surface area contributed by atoms with E-state index >= 15 is 0 Å². The summed E-state index contributed by atoms with van der Waals surface area (Å²) >= 11 is 0. The van der Waals surface area contributed by atoms with Gasteiger partial charge in [0.2, 0.25) is 5.91 Å². The smallest absolute Gasteiger partial charge is 0.252 e. The molecular formula is C20H28N6O2. The largest absolute Gasteiger partial charge is 0.379 e. The third kappa shape index (κ3) is 2.74. The minimum Gasteiger partial charge on any atom is -0.379 e. The second-order valence-corrected chi connectivity index (χ2v) is 8.85. The number of primary amides is 1. The van der Waals surface area contributed by atoms with Crippen molar-refractivity contribution in [1.82, 2.24) is 9.61 Å². The molecule has 1 saturated carbocycles. The zero-order chi connectivity index (χ0) is 20.3. The Labute approximate surface area is 164 Å². The Morgan fingerprint density at radius 1 is 1.36 bits per heavy atom. The Balaban J connectivity index is 1.79. The number of hydrogen-bond acceptors (Lipinski definition) is 5. The molecule has 5 N–H and O–H groups in total. The van der Waals surface area contributed by atoms with Gasteiger partial charge in [0.05, 0.1) is 34.8 Å². The summed E-state index contributed by atoms with van der Waals surface area (Å²) in [6.45, 7) is 7.06. The fourth-order valence-electron chi connectivity index (χ4n) is 4.40. The molecule has 4 rings (SSSR count). The van der Waals surface area contributed by atoms with Crippen LogP contribution in [0.15, 0.2) is 18.5 Å². The summed E-state index contributed by atoms with van der Waals surface area (Å²) < 4.78 is 1.69. The average Bonchev–Trinajstić information content (AvgIpc) is 3.27. The molecule has 2 unspecified atom stereocenters. The van der Waals surface area contributed by atoms with E-state index in [0.717, 1.165) is 30.5 Å². The first-order chi connectivity index (χ1) is 13.1. The van der Waals surface area contributed by atoms with E-state index in [1.165, 1.54) is 6.20 Å². The summed E-state index contributed by atoms with van der Waals surface area (Å²) in [5.74, 6) is -0.430. The summed E-state index contributed by atoms with van der Waals surface area (Å²) in [5.41, 5.74) is 14.2. The van der Waals surface area contributed by atoms with Gasteiger partial charge in [0.15, 0.2) is 0 Å². The van der Waals surface area contributed by atoms with Crippen molar-refractivity contribution >= 4 is 28.7 Å². The molecule has 3 heterocycles. The fourth-order valence-corrected chi connectivity index (χ4v) is 4.40. The molecule has 0 radical (unpaired) electrons. The zero-order valence-corrected chi connectivity index (χ0v) is 16.7. The number of amides is 2. The van der Waals surface area contributed by atoms with Gasteiger partial charge >= 0.3 is 0 Å². The molecule has 2 aromatic rings. The van der Waals surface area contributed by atoms with Crippen LogP contribution in [0.4, 0.5) is 11.4 Å². The Hall–Kier alpha value is -2.61. The van der Waals surface area contributed by atoms with Gasteiger partial charge in [0.25, 0.3) is 5.91 Å². The van der Waals surface area contributed by atoms with Crippen molar-refractivity contribution in [3.63, 3.8) is 0 Å². The lowest BCUT2D eigenvalue weighted by molar-refractivity contribution is -0.117. The number of hydrogen-bond donors (Lipinski definition) is 3. The van der Waals surface area contributed by atoms with Crippen molar-refractivity contribution in [2.75, 3.05) is 16.8 Å². The summed E-state index contributed by atoms with van der Waals surface area (Å²) in [6.07, 6.45) is 6.49. The van der Waals surface area contributed by atoms with Crippen LogP contribution in [0.3, 0.4) is 0 Å². The quantitative estimate of drug-likeness (QED) is 0.744. The van der Waals surface area contributed by atoms with E-state index in [1.807, 2.05) is 12.3 Å². The van der Waals surface area contributed by atoms with Gasteiger partial charge in [0, 0.05) is 30.0 Å². The molecule has 2 fully saturated rings. The van der Waals surface area contributed by atoms with Crippen LogP contribution in [-0.4, -0.2) is 39.6 Å². The van der Waals surface area contributed by atoms with Crippen LogP contribution in [0.2, 0.25) is 0 Å². The molecule has 150 valence electrons. The molecule has 1 aliphatic heterocycles. The van der Waals surface area contributed by atoms with Crippen LogP contribution >= 0.6 is 0 Å². The number of rotatable bonds is 4. The molecule has 8 nitrogen and oxygen atoms in total. The highest BCUT2D eigenvalue weighted by Crippen LogP contribution is 2.46. The van der Waals surface area contributed by atoms with E-state index in [4.69, 9.17) is 11.5 Å². The molecule has 0 spiro atoms. The monoisotopic (exact) mass is 384 g/mol. The first kappa shape index (κ1) is 18.7. The van der Waals surface area contributed by atoms with Crippen LogP contribution in [0.1, 0.15) is 56.8 Å². The second kappa shape index (κ2) is 6.20. The molecule has 2 aromatic heterocycles. The van der Waals surface area contributed by atoms with Crippen LogP contribution in [0.25, 0.3) is 5.52 Å². The van der Waals surface area contributed by atoms with Crippen molar-refractivity contribution < 1.29 is 9.59 Å². The Kier molecular flexibility index (Phi) is 4.15. The molecule has 2 atom stereocenters. The van der Waals surface area contributed by atoms with E-state index in [-0.39, 0.29) is 22.9 Å². The second-order valence-electron chi connectivity index (χ2n) is 8.85. The normalized spacial score (nSPS) is 26.9. The number of aromatic nitrogens is 2. The predicted octanol–water partition coefficient (Wildman–Crippen LogP) is 1.88. The number of nitrogens with one attached hydrogen (secondary N) is 1. The standard InChI is InChI=1S/C20H28N6O2/c1-19(2)15(6-7-20(19,3)22)24-17-13(18(21)28)10-23-26-11-12(9-14(17)26)25-8-4-5-16(25)27/h9-11,15,24H,4-8,22H2,1-3H3,(H2,21,28). The summed E-state index contributed by atoms with van der Waals surface area (Å²) in [6, 6.07) is 1.98. The summed E-state index contributed by atoms with van der Waals surface area (Å²) in [7, 11) is 0. The van der Waals surface area contributed by atoms with E-state index in [0.29, 0.717) is 24.2 Å². The fraction of sp³-hybridized carbons (Fsp3) is 0.550. The predicted molar refractivity (Wildman–Crippen MR) is 108 cm³/mol. The van der Waals surface area contributed by atoms with Gasteiger partial charge in [-0.25, -0.2) is 4.52 Å². The van der Waals surface area contributed by atoms with Gasteiger partial charge in [-0.1, -0.05) is 13.8 Å². The van der Waals surface area contributed by atoms with Crippen molar-refractivity contribution in [2.24, 2.45) is 16.9 Å². The van der Waals surface area contributed by atoms with Crippen molar-refractivity contribution in [1.29, 1.82) is 0 Å². The Morgan fingerprint density at radius 2 is 2.11 bits per heavy atom. The summed E-state index contributed by atoms with van der Waals surface area (Å²) in [4.78, 5) is 26.0. The zero-order valence-electron chi connectivity index (χ0n) is 16.7. The van der Waals surface area contributed by atoms with Gasteiger partial charge in [-0.2, -0.15) is 5.10 Å². The number of nitrogens with zero attached hydrogens (tertiary/aromatic N) is 3. The number of nitrogens with two attached hydrogens (primary N) is 2. The first-order valence-corrected chi connectivity index (χ1v) is 9.79. The molecule has 1 saturated heterocycles. The molecule has 2 aliphatic rings. The maximum atomic E-state index is 12.1. The highest BCUT2D eigenvalue weighted by molar-refractivity contribution is 6.03. The van der Waals surface area contributed by atoms with Crippen molar-refractivity contribution in [3.8, 4) is 0 Å². The average molecular weight is 384 g/mol. The number of anilines is 2. The van der Waals surface area contributed by atoms with Crippen LogP contribution in [0.5, 0.6) is 0 Å². The van der Waals surface area contributed by atoms with Crippen LogP contribution in [0, 0.1) is 5.41 Å². The minimum absolute atomic E-state index is 0.0820. The van der Waals surface area contributed by atoms with E-state index in [2.05, 4.69) is 31.2 Å². The lowest BCUT2D eigenvalue weighted by atomic mass is 9.75. The topological polar surface area (TPSA) is 119 Å². The molecular weight excluding hydrogens is 356 g/mol. The highest BCUT2D eigenvalue weighted by atomic mass is 16.2. The number of fused-ring (bicyclic) bond motifs is 1. The number of carbonyl (C=O) groups is 2. The number of carbonyl (C=O) groups excluding carboxylic acids is 2. The lowest BCUT2D eigenvalue weighted by Gasteiger charge is -2.39. The van der Waals surface area contributed by atoms with Gasteiger partial charge in [-0.05, 0) is 32.3 Å². The van der Waals surface area contributed by atoms with Gasteiger partial charge in [-0.15, -0.1) is 0 Å². The van der Waals surface area contributed by atoms with Gasteiger partial charge in [0.1, 0.15) is 0 Å². The van der Waals surface area contributed by atoms with E-state index in [1.54, 1.807) is 9.42 Å². The third-order valence-electron chi connectivity index (χ3n) is 6.89. The molecule has 0 bridgehead atoms. The molecule has 8 heteroatoms. The Bertz CT molecular complexity index is 961. The molecule has 0 aromatic carbocycles. The molecule has 28 heavy (non-hydrogen) atoms. The van der Waals surface area contributed by atoms with Crippen LogP contribution < -0.4 is 21.7 Å². The Morgan fingerprint density at radius 3 is 2.68 bits per heavy atom. The lowest BCUT2D eigenvalue weighted by Crippen LogP contribution is -2.51. The SMILES string of the molecule is CC1(N)CCC(Nc2c(C(N)=O)cnn3cc(N4CCCC4=O)cc23)C1(C)C. The first-order valence-electron chi connectivity index (χ1n) is 9.79. The highest BCUT2D eigenvalue weighted by Gasteiger charge is 2.49. The van der Waals surface area contributed by atoms with E-state index < -0.39 is 5.91 Å². The maximum absolute atomic E-state index is 12.1. The molecule has 2 amide bonds. The summed E-state index contributed by atoms with van der Waals surface area (Å²) in [5, 5.41) is 7.88. The van der Waals surface area contributed by atoms with Crippen molar-refractivity contribution in [3.05, 3.63) is 24.0 Å². The van der Waals surface area contributed by atoms with Gasteiger partial charge < -0.3 is 21.7 Å². The van der Waals surface area contributed by atoms with Crippen LogP contribution in [-0.2, 0) is 4.79 Å². The molecule has 1 aliphatic carbocycles. The van der Waals surface area contributed by atoms with Crippen molar-refractivity contribution in [2.45, 2.75) is 58.0 Å². The van der Waals surface area contributed by atoms with E-state index in [9.17, 15) is 9.59 Å². The third-order valence-corrected chi connectivity index (χ3v) is 6.89. The maximum Gasteiger partial charge on any atom is 0.252 e.